The molecule has 1 amide bonds. The van der Waals surface area contributed by atoms with Crippen molar-refractivity contribution in [3.63, 3.8) is 0 Å². The lowest BCUT2D eigenvalue weighted by atomic mass is 10.0. The number of nitrogens with zero attached hydrogens (tertiary/aromatic N) is 3. The predicted molar refractivity (Wildman–Crippen MR) is 135 cm³/mol. The van der Waals surface area contributed by atoms with Gasteiger partial charge in [0.05, 0.1) is 10.6 Å². The van der Waals surface area contributed by atoms with Crippen LogP contribution in [0.5, 0.6) is 0 Å². The lowest BCUT2D eigenvalue weighted by Crippen LogP contribution is -2.52. The standard InChI is InChI=1S/C27H26FN3O3S/c28-22-12-13-25-24(19-22)23-10-4-5-11-26(23)35(33,34)31(25)20-27(32)30-17-15-29(16-18-30)14-6-9-21-7-2-1-3-8-21/h1-13,19H,14-18,20H2/b9-6+. The van der Waals surface area contributed by atoms with E-state index in [0.717, 1.165) is 16.4 Å². The number of carbonyl (C=O) groups is 1. The van der Waals surface area contributed by atoms with Gasteiger partial charge in [-0.05, 0) is 29.8 Å². The number of hydrogen-bond acceptors (Lipinski definition) is 4. The molecular weight excluding hydrogens is 465 g/mol. The number of hydrogen-bond donors (Lipinski definition) is 0. The zero-order valence-corrected chi connectivity index (χ0v) is 20.0. The summed E-state index contributed by atoms with van der Waals surface area (Å²) in [7, 11) is -3.95. The van der Waals surface area contributed by atoms with Gasteiger partial charge in [-0.15, -0.1) is 0 Å². The van der Waals surface area contributed by atoms with Crippen LogP contribution < -0.4 is 4.31 Å². The van der Waals surface area contributed by atoms with E-state index in [-0.39, 0.29) is 17.3 Å². The number of carbonyl (C=O) groups excluding carboxylic acids is 1. The van der Waals surface area contributed by atoms with E-state index in [1.165, 1.54) is 24.3 Å². The molecule has 5 rings (SSSR count). The van der Waals surface area contributed by atoms with Crippen LogP contribution in [0.3, 0.4) is 0 Å². The minimum Gasteiger partial charge on any atom is -0.339 e. The monoisotopic (exact) mass is 491 g/mol. The van der Waals surface area contributed by atoms with Crippen molar-refractivity contribution < 1.29 is 17.6 Å². The van der Waals surface area contributed by atoms with Crippen molar-refractivity contribution in [2.24, 2.45) is 0 Å². The van der Waals surface area contributed by atoms with Gasteiger partial charge in [0.25, 0.3) is 10.0 Å². The van der Waals surface area contributed by atoms with Gasteiger partial charge in [-0.3, -0.25) is 14.0 Å². The van der Waals surface area contributed by atoms with E-state index in [1.54, 1.807) is 23.1 Å². The Balaban J connectivity index is 1.27. The van der Waals surface area contributed by atoms with Gasteiger partial charge in [0.1, 0.15) is 12.4 Å². The molecule has 0 unspecified atom stereocenters. The summed E-state index contributed by atoms with van der Waals surface area (Å²) in [5.41, 5.74) is 2.38. The maximum atomic E-state index is 14.0. The van der Waals surface area contributed by atoms with Gasteiger partial charge in [-0.2, -0.15) is 0 Å². The number of anilines is 1. The first-order valence-corrected chi connectivity index (χ1v) is 13.0. The molecule has 0 radical (unpaired) electrons. The highest BCUT2D eigenvalue weighted by atomic mass is 32.2. The van der Waals surface area contributed by atoms with Crippen molar-refractivity contribution in [2.45, 2.75) is 4.90 Å². The van der Waals surface area contributed by atoms with Gasteiger partial charge < -0.3 is 4.90 Å². The van der Waals surface area contributed by atoms with Gasteiger partial charge in [0.15, 0.2) is 0 Å². The number of rotatable bonds is 5. The highest BCUT2D eigenvalue weighted by Gasteiger charge is 2.37. The van der Waals surface area contributed by atoms with E-state index in [0.29, 0.717) is 43.0 Å². The number of amides is 1. The minimum absolute atomic E-state index is 0.0842. The molecule has 0 aliphatic carbocycles. The van der Waals surface area contributed by atoms with Gasteiger partial charge in [0, 0.05) is 43.9 Å². The van der Waals surface area contributed by atoms with Gasteiger partial charge in [0.2, 0.25) is 5.91 Å². The van der Waals surface area contributed by atoms with Crippen molar-refractivity contribution in [3.05, 3.63) is 90.3 Å². The third-order valence-corrected chi connectivity index (χ3v) is 8.27. The normalized spacial score (nSPS) is 17.3. The molecule has 0 bridgehead atoms. The molecule has 8 heteroatoms. The lowest BCUT2D eigenvalue weighted by Gasteiger charge is -2.37. The van der Waals surface area contributed by atoms with Crippen LogP contribution in [-0.2, 0) is 14.8 Å². The van der Waals surface area contributed by atoms with Gasteiger partial charge in [-0.1, -0.05) is 60.7 Å². The summed E-state index contributed by atoms with van der Waals surface area (Å²) in [4.78, 5) is 17.2. The average molecular weight is 492 g/mol. The molecule has 2 aliphatic heterocycles. The van der Waals surface area contributed by atoms with E-state index < -0.39 is 15.8 Å². The van der Waals surface area contributed by atoms with Crippen LogP contribution in [0.25, 0.3) is 17.2 Å². The number of sulfonamides is 1. The molecule has 3 aromatic rings. The van der Waals surface area contributed by atoms with Crippen LogP contribution in [-0.4, -0.2) is 63.4 Å². The fourth-order valence-corrected chi connectivity index (χ4v) is 6.22. The molecule has 0 atom stereocenters. The smallest absolute Gasteiger partial charge is 0.265 e. The van der Waals surface area contributed by atoms with Crippen molar-refractivity contribution in [2.75, 3.05) is 43.6 Å². The maximum absolute atomic E-state index is 14.0. The molecule has 0 N–H and O–H groups in total. The Labute approximate surface area is 204 Å². The highest BCUT2D eigenvalue weighted by Crippen LogP contribution is 2.43. The van der Waals surface area contributed by atoms with E-state index in [1.807, 2.05) is 30.3 Å². The van der Waals surface area contributed by atoms with Crippen LogP contribution in [0.2, 0.25) is 0 Å². The first-order chi connectivity index (χ1) is 16.9. The summed E-state index contributed by atoms with van der Waals surface area (Å²) in [6.07, 6.45) is 4.19. The highest BCUT2D eigenvalue weighted by molar-refractivity contribution is 7.93. The van der Waals surface area contributed by atoms with E-state index >= 15 is 0 Å². The minimum atomic E-state index is -3.95. The summed E-state index contributed by atoms with van der Waals surface area (Å²) in [6.45, 7) is 2.94. The Morgan fingerprint density at radius 2 is 1.60 bits per heavy atom. The Morgan fingerprint density at radius 3 is 2.37 bits per heavy atom. The second-order valence-electron chi connectivity index (χ2n) is 8.66. The summed E-state index contributed by atoms with van der Waals surface area (Å²) in [5, 5.41) is 0. The fraction of sp³-hybridized carbons (Fsp3) is 0.222. The Morgan fingerprint density at radius 1 is 0.886 bits per heavy atom. The number of halogens is 1. The molecule has 3 aromatic carbocycles. The molecule has 0 saturated carbocycles. The van der Waals surface area contributed by atoms with Crippen molar-refractivity contribution in [3.8, 4) is 11.1 Å². The summed E-state index contributed by atoms with van der Waals surface area (Å²) >= 11 is 0. The number of piperazine rings is 1. The van der Waals surface area contributed by atoms with Gasteiger partial charge >= 0.3 is 0 Å². The number of benzene rings is 3. The van der Waals surface area contributed by atoms with Crippen molar-refractivity contribution >= 4 is 27.7 Å². The first-order valence-electron chi connectivity index (χ1n) is 11.6. The molecule has 2 heterocycles. The molecule has 1 fully saturated rings. The topological polar surface area (TPSA) is 60.9 Å². The first kappa shape index (κ1) is 23.3. The zero-order chi connectivity index (χ0) is 24.4. The SMILES string of the molecule is O=C(CN1c2ccc(F)cc2-c2ccccc2S1(=O)=O)N1CCN(C/C=C/c2ccccc2)CC1. The van der Waals surface area contributed by atoms with E-state index in [4.69, 9.17) is 0 Å². The van der Waals surface area contributed by atoms with Crippen LogP contribution in [0, 0.1) is 5.82 Å². The molecule has 2 aliphatic rings. The molecule has 0 spiro atoms. The second-order valence-corrected chi connectivity index (χ2v) is 10.5. The lowest BCUT2D eigenvalue weighted by molar-refractivity contribution is -0.131. The molecule has 180 valence electrons. The Bertz CT molecular complexity index is 1370. The third kappa shape index (κ3) is 4.72. The van der Waals surface area contributed by atoms with Crippen LogP contribution >= 0.6 is 0 Å². The summed E-state index contributed by atoms with van der Waals surface area (Å²) in [5.74, 6) is -0.718. The number of fused-ring (bicyclic) bond motifs is 3. The maximum Gasteiger partial charge on any atom is 0.265 e. The molecule has 35 heavy (non-hydrogen) atoms. The molecular formula is C27H26FN3O3S. The van der Waals surface area contributed by atoms with Crippen molar-refractivity contribution in [1.82, 2.24) is 9.80 Å². The van der Waals surface area contributed by atoms with Crippen LogP contribution in [0.4, 0.5) is 10.1 Å². The van der Waals surface area contributed by atoms with Gasteiger partial charge in [-0.25, -0.2) is 12.8 Å². The van der Waals surface area contributed by atoms with Crippen molar-refractivity contribution in [1.29, 1.82) is 0 Å². The van der Waals surface area contributed by atoms with Crippen LogP contribution in [0.15, 0.2) is 83.8 Å². The third-order valence-electron chi connectivity index (χ3n) is 6.45. The largest absolute Gasteiger partial charge is 0.339 e. The quantitative estimate of drug-likeness (QED) is 0.544. The summed E-state index contributed by atoms with van der Waals surface area (Å²) in [6, 6.07) is 20.6. The Hall–Kier alpha value is -3.49. The second kappa shape index (κ2) is 9.64. The molecule has 1 saturated heterocycles. The Kier molecular flexibility index (Phi) is 6.40. The molecule has 0 aromatic heterocycles. The van der Waals surface area contributed by atoms with Crippen LogP contribution in [0.1, 0.15) is 5.56 Å². The summed E-state index contributed by atoms with van der Waals surface area (Å²) < 4.78 is 41.9. The molecule has 6 nitrogen and oxygen atoms in total. The fourth-order valence-electron chi connectivity index (χ4n) is 4.58. The predicted octanol–water partition coefficient (Wildman–Crippen LogP) is 3.86. The van der Waals surface area contributed by atoms with E-state index in [2.05, 4.69) is 17.1 Å². The average Bonchev–Trinajstić information content (AvgIpc) is 2.88. The zero-order valence-electron chi connectivity index (χ0n) is 19.2. The van der Waals surface area contributed by atoms with E-state index in [9.17, 15) is 17.6 Å².